The summed E-state index contributed by atoms with van der Waals surface area (Å²) in [5, 5.41) is 0. The Morgan fingerprint density at radius 1 is 1.26 bits per heavy atom. The van der Waals surface area contributed by atoms with E-state index in [1.807, 2.05) is 17.0 Å². The minimum Gasteiger partial charge on any atom is -0.493 e. The van der Waals surface area contributed by atoms with Gasteiger partial charge in [-0.3, -0.25) is 4.79 Å². The topological polar surface area (TPSA) is 55.6 Å². The Labute approximate surface area is 144 Å². The van der Waals surface area contributed by atoms with Crippen LogP contribution in [0.3, 0.4) is 0 Å². The highest BCUT2D eigenvalue weighted by molar-refractivity contribution is 5.85. The first kappa shape index (κ1) is 18.1. The van der Waals surface area contributed by atoms with Gasteiger partial charge in [-0.1, -0.05) is 6.07 Å². The number of nitrogens with zero attached hydrogens (tertiary/aromatic N) is 1. The Bertz CT molecular complexity index is 564. The number of carbonyl (C=O) groups excluding carboxylic acids is 1. The molecule has 4 nitrogen and oxygen atoms in total. The zero-order valence-corrected chi connectivity index (χ0v) is 14.8. The quantitative estimate of drug-likeness (QED) is 0.918. The molecule has 3 unspecified atom stereocenters. The second-order valence-electron chi connectivity index (χ2n) is 6.81. The SMILES string of the molecule is Cc1ccc(OCCC(=O)N2CC3CCC(N)C3C2)cc1C.Cl. The van der Waals surface area contributed by atoms with E-state index in [9.17, 15) is 4.79 Å². The number of amides is 1. The molecule has 1 aliphatic carbocycles. The molecule has 2 aliphatic rings. The first-order valence-electron chi connectivity index (χ1n) is 8.28. The molecule has 23 heavy (non-hydrogen) atoms. The zero-order chi connectivity index (χ0) is 15.7. The van der Waals surface area contributed by atoms with E-state index in [0.29, 0.717) is 24.9 Å². The molecular formula is C18H27ClN2O2. The summed E-state index contributed by atoms with van der Waals surface area (Å²) in [5.74, 6) is 2.19. The van der Waals surface area contributed by atoms with Gasteiger partial charge >= 0.3 is 0 Å². The first-order valence-corrected chi connectivity index (χ1v) is 8.28. The summed E-state index contributed by atoms with van der Waals surface area (Å²) >= 11 is 0. The normalized spacial score (nSPS) is 25.9. The van der Waals surface area contributed by atoms with Crippen molar-refractivity contribution in [3.05, 3.63) is 29.3 Å². The molecule has 1 aromatic rings. The van der Waals surface area contributed by atoms with E-state index in [-0.39, 0.29) is 24.4 Å². The number of carbonyl (C=O) groups is 1. The monoisotopic (exact) mass is 338 g/mol. The maximum absolute atomic E-state index is 12.3. The molecule has 1 aromatic carbocycles. The van der Waals surface area contributed by atoms with Gasteiger partial charge < -0.3 is 15.4 Å². The van der Waals surface area contributed by atoms with E-state index in [0.717, 1.165) is 25.3 Å². The number of hydrogen-bond donors (Lipinski definition) is 1. The lowest BCUT2D eigenvalue weighted by Crippen LogP contribution is -2.34. The summed E-state index contributed by atoms with van der Waals surface area (Å²) in [7, 11) is 0. The maximum Gasteiger partial charge on any atom is 0.226 e. The van der Waals surface area contributed by atoms with Crippen LogP contribution in [0.1, 0.15) is 30.4 Å². The summed E-state index contributed by atoms with van der Waals surface area (Å²) in [5.41, 5.74) is 8.59. The van der Waals surface area contributed by atoms with Crippen LogP contribution < -0.4 is 10.5 Å². The number of hydrogen-bond acceptors (Lipinski definition) is 3. The van der Waals surface area contributed by atoms with Crippen molar-refractivity contribution < 1.29 is 9.53 Å². The van der Waals surface area contributed by atoms with Crippen molar-refractivity contribution in [3.63, 3.8) is 0 Å². The van der Waals surface area contributed by atoms with Crippen LogP contribution in [0.4, 0.5) is 0 Å². The Balaban J connectivity index is 0.00000192. The highest BCUT2D eigenvalue weighted by Crippen LogP contribution is 2.37. The third-order valence-corrected chi connectivity index (χ3v) is 5.33. The van der Waals surface area contributed by atoms with Gasteiger partial charge in [0.05, 0.1) is 13.0 Å². The molecule has 0 bridgehead atoms. The predicted molar refractivity (Wildman–Crippen MR) is 94.0 cm³/mol. The number of nitrogens with two attached hydrogens (primary N) is 1. The maximum atomic E-state index is 12.3. The van der Waals surface area contributed by atoms with Crippen molar-refractivity contribution in [2.45, 2.75) is 39.2 Å². The second-order valence-corrected chi connectivity index (χ2v) is 6.81. The Hall–Kier alpha value is -1.26. The Morgan fingerprint density at radius 2 is 2.04 bits per heavy atom. The smallest absolute Gasteiger partial charge is 0.226 e. The minimum absolute atomic E-state index is 0. The van der Waals surface area contributed by atoms with Crippen LogP contribution in [0, 0.1) is 25.7 Å². The van der Waals surface area contributed by atoms with Crippen LogP contribution in [-0.4, -0.2) is 36.5 Å². The molecule has 0 aromatic heterocycles. The number of likely N-dealkylation sites (tertiary alicyclic amines) is 1. The number of rotatable bonds is 4. The van der Waals surface area contributed by atoms with Crippen molar-refractivity contribution in [1.82, 2.24) is 4.90 Å². The molecule has 1 heterocycles. The number of aryl methyl sites for hydroxylation is 2. The van der Waals surface area contributed by atoms with Crippen LogP contribution in [0.2, 0.25) is 0 Å². The number of halogens is 1. The molecule has 1 saturated carbocycles. The Kier molecular flexibility index (Phi) is 5.93. The third-order valence-electron chi connectivity index (χ3n) is 5.33. The summed E-state index contributed by atoms with van der Waals surface area (Å²) in [6.07, 6.45) is 2.74. The highest BCUT2D eigenvalue weighted by Gasteiger charge is 2.42. The molecule has 128 valence electrons. The van der Waals surface area contributed by atoms with Crippen molar-refractivity contribution in [2.24, 2.45) is 17.6 Å². The molecule has 1 saturated heterocycles. The number of ether oxygens (including phenoxy) is 1. The predicted octanol–water partition coefficient (Wildman–Crippen LogP) is 2.69. The van der Waals surface area contributed by atoms with Gasteiger partial charge in [0.2, 0.25) is 5.91 Å². The van der Waals surface area contributed by atoms with Crippen LogP contribution in [0.5, 0.6) is 5.75 Å². The van der Waals surface area contributed by atoms with Crippen molar-refractivity contribution in [2.75, 3.05) is 19.7 Å². The van der Waals surface area contributed by atoms with Crippen molar-refractivity contribution in [3.8, 4) is 5.75 Å². The van der Waals surface area contributed by atoms with Crippen molar-refractivity contribution in [1.29, 1.82) is 0 Å². The molecular weight excluding hydrogens is 312 g/mol. The largest absolute Gasteiger partial charge is 0.493 e. The second kappa shape index (κ2) is 7.54. The molecule has 1 aliphatic heterocycles. The molecule has 5 heteroatoms. The van der Waals surface area contributed by atoms with Crippen molar-refractivity contribution >= 4 is 18.3 Å². The summed E-state index contributed by atoms with van der Waals surface area (Å²) < 4.78 is 5.71. The van der Waals surface area contributed by atoms with E-state index < -0.39 is 0 Å². The van der Waals surface area contributed by atoms with Gasteiger partial charge in [-0.15, -0.1) is 12.4 Å². The van der Waals surface area contributed by atoms with E-state index in [1.165, 1.54) is 17.5 Å². The van der Waals surface area contributed by atoms with Crippen LogP contribution in [0.15, 0.2) is 18.2 Å². The van der Waals surface area contributed by atoms with Gasteiger partial charge in [-0.2, -0.15) is 0 Å². The number of fused-ring (bicyclic) bond motifs is 1. The van der Waals surface area contributed by atoms with Gasteiger partial charge in [0, 0.05) is 19.1 Å². The van der Waals surface area contributed by atoms with Gasteiger partial charge in [0.15, 0.2) is 0 Å². The third kappa shape index (κ3) is 3.99. The fourth-order valence-electron chi connectivity index (χ4n) is 3.73. The molecule has 0 radical (unpaired) electrons. The lowest BCUT2D eigenvalue weighted by Gasteiger charge is -2.19. The molecule has 1 amide bonds. The molecule has 0 spiro atoms. The summed E-state index contributed by atoms with van der Waals surface area (Å²) in [6.45, 7) is 6.32. The average molecular weight is 339 g/mol. The minimum atomic E-state index is 0. The Morgan fingerprint density at radius 3 is 2.74 bits per heavy atom. The number of benzene rings is 1. The standard InChI is InChI=1S/C18H26N2O2.ClH/c1-12-3-5-15(9-13(12)2)22-8-7-18(21)20-10-14-4-6-17(19)16(14)11-20;/h3,5,9,14,16-17H,4,6-8,10-11,19H2,1-2H3;1H. The van der Waals surface area contributed by atoms with E-state index >= 15 is 0 Å². The lowest BCUT2D eigenvalue weighted by molar-refractivity contribution is -0.131. The fraction of sp³-hybridized carbons (Fsp3) is 0.611. The molecule has 2 fully saturated rings. The molecule has 2 N–H and O–H groups in total. The fourth-order valence-corrected chi connectivity index (χ4v) is 3.73. The van der Waals surface area contributed by atoms with E-state index in [4.69, 9.17) is 10.5 Å². The van der Waals surface area contributed by atoms with Gasteiger partial charge in [0.25, 0.3) is 0 Å². The summed E-state index contributed by atoms with van der Waals surface area (Å²) in [6, 6.07) is 6.33. The van der Waals surface area contributed by atoms with Crippen LogP contribution >= 0.6 is 12.4 Å². The van der Waals surface area contributed by atoms with E-state index in [1.54, 1.807) is 0 Å². The zero-order valence-electron chi connectivity index (χ0n) is 14.0. The van der Waals surface area contributed by atoms with Crippen LogP contribution in [0.25, 0.3) is 0 Å². The lowest BCUT2D eigenvalue weighted by atomic mass is 9.98. The highest BCUT2D eigenvalue weighted by atomic mass is 35.5. The summed E-state index contributed by atoms with van der Waals surface area (Å²) in [4.78, 5) is 14.3. The molecule has 3 rings (SSSR count). The van der Waals surface area contributed by atoms with Gasteiger partial charge in [-0.25, -0.2) is 0 Å². The van der Waals surface area contributed by atoms with Gasteiger partial charge in [0.1, 0.15) is 5.75 Å². The molecule has 3 atom stereocenters. The van der Waals surface area contributed by atoms with E-state index in [2.05, 4.69) is 19.9 Å². The average Bonchev–Trinajstić information content (AvgIpc) is 3.05. The van der Waals surface area contributed by atoms with Gasteiger partial charge in [-0.05, 0) is 61.8 Å². The first-order chi connectivity index (χ1) is 10.5. The van der Waals surface area contributed by atoms with Crippen LogP contribution in [-0.2, 0) is 4.79 Å².